The SMILES string of the molecule is Cl.NCC1CCCCN1C(=O)COc1ccc([N+](=O)[O-])c(F)c1. The van der Waals surface area contributed by atoms with Crippen molar-refractivity contribution in [1.82, 2.24) is 4.90 Å². The van der Waals surface area contributed by atoms with E-state index < -0.39 is 16.4 Å². The number of ether oxygens (including phenoxy) is 1. The van der Waals surface area contributed by atoms with E-state index in [0.717, 1.165) is 31.4 Å². The van der Waals surface area contributed by atoms with Gasteiger partial charge in [0.2, 0.25) is 5.82 Å². The summed E-state index contributed by atoms with van der Waals surface area (Å²) in [5, 5.41) is 10.5. The molecule has 1 unspecified atom stereocenters. The van der Waals surface area contributed by atoms with Crippen LogP contribution in [0.2, 0.25) is 0 Å². The van der Waals surface area contributed by atoms with Gasteiger partial charge in [0.05, 0.1) is 4.92 Å². The molecule has 128 valence electrons. The zero-order valence-electron chi connectivity index (χ0n) is 12.4. The zero-order chi connectivity index (χ0) is 16.1. The summed E-state index contributed by atoms with van der Waals surface area (Å²) in [5.41, 5.74) is 5.03. The number of nitro benzene ring substituents is 1. The van der Waals surface area contributed by atoms with Crippen LogP contribution in [0.5, 0.6) is 5.75 Å². The van der Waals surface area contributed by atoms with E-state index in [1.807, 2.05) is 0 Å². The third-order valence-corrected chi connectivity index (χ3v) is 3.70. The van der Waals surface area contributed by atoms with Crippen LogP contribution < -0.4 is 10.5 Å². The molecule has 0 radical (unpaired) electrons. The molecule has 2 rings (SSSR count). The molecule has 23 heavy (non-hydrogen) atoms. The predicted molar refractivity (Wildman–Crippen MR) is 84.2 cm³/mol. The molecule has 0 spiro atoms. The molecule has 7 nitrogen and oxygen atoms in total. The second-order valence-electron chi connectivity index (χ2n) is 5.13. The Labute approximate surface area is 139 Å². The number of hydrogen-bond donors (Lipinski definition) is 1. The number of nitrogens with zero attached hydrogens (tertiary/aromatic N) is 2. The van der Waals surface area contributed by atoms with Crippen LogP contribution in [-0.2, 0) is 4.79 Å². The molecule has 1 aliphatic heterocycles. The van der Waals surface area contributed by atoms with Crippen LogP contribution in [-0.4, -0.2) is 41.5 Å². The van der Waals surface area contributed by atoms with Crippen molar-refractivity contribution in [2.45, 2.75) is 25.3 Å². The number of rotatable bonds is 5. The summed E-state index contributed by atoms with van der Waals surface area (Å²) in [7, 11) is 0. The third kappa shape index (κ3) is 4.77. The van der Waals surface area contributed by atoms with Gasteiger partial charge in [-0.15, -0.1) is 12.4 Å². The van der Waals surface area contributed by atoms with Gasteiger partial charge in [0.1, 0.15) is 5.75 Å². The molecule has 1 amide bonds. The fourth-order valence-electron chi connectivity index (χ4n) is 2.53. The van der Waals surface area contributed by atoms with Crippen molar-refractivity contribution in [3.05, 3.63) is 34.1 Å². The van der Waals surface area contributed by atoms with E-state index in [9.17, 15) is 19.3 Å². The van der Waals surface area contributed by atoms with Crippen molar-refractivity contribution < 1.29 is 18.8 Å². The van der Waals surface area contributed by atoms with Gasteiger partial charge < -0.3 is 15.4 Å². The summed E-state index contributed by atoms with van der Waals surface area (Å²) >= 11 is 0. The summed E-state index contributed by atoms with van der Waals surface area (Å²) < 4.78 is 18.7. The minimum atomic E-state index is -0.993. The number of benzene rings is 1. The van der Waals surface area contributed by atoms with Gasteiger partial charge in [-0.3, -0.25) is 14.9 Å². The van der Waals surface area contributed by atoms with E-state index in [1.165, 1.54) is 6.07 Å². The number of nitro groups is 1. The first-order valence-corrected chi connectivity index (χ1v) is 7.09. The molecule has 1 fully saturated rings. The summed E-state index contributed by atoms with van der Waals surface area (Å²) in [6.45, 7) is 0.796. The average molecular weight is 348 g/mol. The second kappa shape index (κ2) is 8.64. The lowest BCUT2D eigenvalue weighted by atomic mass is 10.0. The number of likely N-dealkylation sites (tertiary alicyclic amines) is 1. The maximum absolute atomic E-state index is 13.5. The Morgan fingerprint density at radius 2 is 2.22 bits per heavy atom. The van der Waals surface area contributed by atoms with E-state index in [-0.39, 0.29) is 36.7 Å². The Kier molecular flexibility index (Phi) is 7.18. The van der Waals surface area contributed by atoms with E-state index in [0.29, 0.717) is 13.1 Å². The van der Waals surface area contributed by atoms with Gasteiger partial charge in [0, 0.05) is 31.3 Å². The highest BCUT2D eigenvalue weighted by atomic mass is 35.5. The van der Waals surface area contributed by atoms with E-state index in [4.69, 9.17) is 10.5 Å². The van der Waals surface area contributed by atoms with Gasteiger partial charge in [0.15, 0.2) is 6.61 Å². The molecule has 1 aromatic rings. The Morgan fingerprint density at radius 3 is 2.83 bits per heavy atom. The van der Waals surface area contributed by atoms with E-state index >= 15 is 0 Å². The topological polar surface area (TPSA) is 98.7 Å². The molecule has 0 saturated carbocycles. The first-order chi connectivity index (χ1) is 10.5. The van der Waals surface area contributed by atoms with Gasteiger partial charge in [-0.05, 0) is 25.3 Å². The van der Waals surface area contributed by atoms with Gasteiger partial charge in [0.25, 0.3) is 5.91 Å². The van der Waals surface area contributed by atoms with Crippen molar-refractivity contribution in [3.63, 3.8) is 0 Å². The molecule has 1 saturated heterocycles. The number of amides is 1. The normalized spacial score (nSPS) is 17.3. The molecular weight excluding hydrogens is 329 g/mol. The first kappa shape index (κ1) is 19.1. The van der Waals surface area contributed by atoms with Crippen LogP contribution in [0.1, 0.15) is 19.3 Å². The molecule has 0 bridgehead atoms. The number of piperidine rings is 1. The number of carbonyl (C=O) groups excluding carboxylic acids is 1. The zero-order valence-corrected chi connectivity index (χ0v) is 13.3. The molecule has 9 heteroatoms. The lowest BCUT2D eigenvalue weighted by Crippen LogP contribution is -2.49. The van der Waals surface area contributed by atoms with E-state index in [1.54, 1.807) is 4.90 Å². The summed E-state index contributed by atoms with van der Waals surface area (Å²) in [4.78, 5) is 23.5. The highest BCUT2D eigenvalue weighted by molar-refractivity contribution is 5.85. The number of hydrogen-bond acceptors (Lipinski definition) is 5. The highest BCUT2D eigenvalue weighted by Gasteiger charge is 2.25. The molecule has 2 N–H and O–H groups in total. The maximum Gasteiger partial charge on any atom is 0.305 e. The van der Waals surface area contributed by atoms with Gasteiger partial charge in [-0.2, -0.15) is 4.39 Å². The Balaban J connectivity index is 0.00000264. The Hall–Kier alpha value is -1.93. The summed E-state index contributed by atoms with van der Waals surface area (Å²) in [6, 6.07) is 3.20. The fraction of sp³-hybridized carbons (Fsp3) is 0.500. The van der Waals surface area contributed by atoms with Gasteiger partial charge in [-0.1, -0.05) is 0 Å². The largest absolute Gasteiger partial charge is 0.484 e. The van der Waals surface area contributed by atoms with E-state index in [2.05, 4.69) is 0 Å². The maximum atomic E-state index is 13.5. The molecule has 1 atom stereocenters. The molecule has 0 aromatic heterocycles. The van der Waals surface area contributed by atoms with Crippen LogP contribution in [0.4, 0.5) is 10.1 Å². The summed E-state index contributed by atoms with van der Waals surface area (Å²) in [5.74, 6) is -1.13. The Morgan fingerprint density at radius 1 is 1.48 bits per heavy atom. The predicted octanol–water partition coefficient (Wildman–Crippen LogP) is 1.87. The van der Waals surface area contributed by atoms with Crippen LogP contribution >= 0.6 is 12.4 Å². The lowest BCUT2D eigenvalue weighted by molar-refractivity contribution is -0.387. The first-order valence-electron chi connectivity index (χ1n) is 7.09. The monoisotopic (exact) mass is 347 g/mol. The second-order valence-corrected chi connectivity index (χ2v) is 5.13. The smallest absolute Gasteiger partial charge is 0.305 e. The van der Waals surface area contributed by atoms with Crippen LogP contribution in [0.15, 0.2) is 18.2 Å². The standard InChI is InChI=1S/C14H18FN3O4.ClH/c15-12-7-11(4-5-13(12)18(20)21)22-9-14(19)17-6-2-1-3-10(17)8-16;/h4-5,7,10H,1-3,6,8-9,16H2;1H. The fourth-order valence-corrected chi connectivity index (χ4v) is 2.53. The summed E-state index contributed by atoms with van der Waals surface area (Å²) in [6.07, 6.45) is 2.84. The van der Waals surface area contributed by atoms with Gasteiger partial charge >= 0.3 is 5.69 Å². The number of carbonyl (C=O) groups is 1. The van der Waals surface area contributed by atoms with Crippen molar-refractivity contribution in [3.8, 4) is 5.75 Å². The molecule has 1 aliphatic rings. The van der Waals surface area contributed by atoms with Crippen molar-refractivity contribution >= 4 is 24.0 Å². The quantitative estimate of drug-likeness (QED) is 0.647. The van der Waals surface area contributed by atoms with Crippen molar-refractivity contribution in [1.29, 1.82) is 0 Å². The number of halogens is 2. The molecule has 0 aliphatic carbocycles. The minimum Gasteiger partial charge on any atom is -0.484 e. The van der Waals surface area contributed by atoms with Crippen molar-refractivity contribution in [2.75, 3.05) is 19.7 Å². The van der Waals surface area contributed by atoms with Crippen LogP contribution in [0.3, 0.4) is 0 Å². The molecular formula is C14H19ClFN3O4. The van der Waals surface area contributed by atoms with Crippen LogP contribution in [0, 0.1) is 15.9 Å². The Bertz CT molecular complexity index is 573. The highest BCUT2D eigenvalue weighted by Crippen LogP contribution is 2.22. The molecule has 1 aromatic carbocycles. The number of nitrogens with two attached hydrogens (primary N) is 1. The average Bonchev–Trinajstić information content (AvgIpc) is 2.52. The third-order valence-electron chi connectivity index (χ3n) is 3.70. The lowest BCUT2D eigenvalue weighted by Gasteiger charge is -2.34. The van der Waals surface area contributed by atoms with Crippen molar-refractivity contribution in [2.24, 2.45) is 5.73 Å². The molecule has 1 heterocycles. The van der Waals surface area contributed by atoms with Gasteiger partial charge in [-0.25, -0.2) is 0 Å². The minimum absolute atomic E-state index is 0. The van der Waals surface area contributed by atoms with Crippen LogP contribution in [0.25, 0.3) is 0 Å².